The minimum Gasteiger partial charge on any atom is -0.493 e. The van der Waals surface area contributed by atoms with Crippen LogP contribution in [-0.2, 0) is 0 Å². The highest BCUT2D eigenvalue weighted by molar-refractivity contribution is 5.93. The van der Waals surface area contributed by atoms with Crippen molar-refractivity contribution >= 4 is 21.9 Å². The summed E-state index contributed by atoms with van der Waals surface area (Å²) in [4.78, 5) is 18.1. The highest BCUT2D eigenvalue weighted by atomic mass is 16.5. The first-order chi connectivity index (χ1) is 15.1. The number of fused-ring (bicyclic) bond motifs is 2. The third-order valence-corrected chi connectivity index (χ3v) is 6.28. The second kappa shape index (κ2) is 11.3. The lowest BCUT2D eigenvalue weighted by atomic mass is 10.1. The molecule has 0 aliphatic heterocycles. The molecular formula is C26H36N2O3. The van der Waals surface area contributed by atoms with Crippen molar-refractivity contribution in [2.75, 3.05) is 39.3 Å². The molecule has 0 spiro atoms. The summed E-state index contributed by atoms with van der Waals surface area (Å²) in [5.74, 6) is 0.610. The van der Waals surface area contributed by atoms with Gasteiger partial charge in [0.05, 0.1) is 12.0 Å². The minimum absolute atomic E-state index is 0.0331. The van der Waals surface area contributed by atoms with Gasteiger partial charge in [-0.2, -0.15) is 0 Å². The highest BCUT2D eigenvalue weighted by Crippen LogP contribution is 2.26. The Morgan fingerprint density at radius 3 is 2.29 bits per heavy atom. The van der Waals surface area contributed by atoms with E-state index in [-0.39, 0.29) is 5.43 Å². The van der Waals surface area contributed by atoms with E-state index in [1.54, 1.807) is 6.07 Å². The van der Waals surface area contributed by atoms with Gasteiger partial charge in [-0.25, -0.2) is 0 Å². The lowest BCUT2D eigenvalue weighted by molar-refractivity contribution is 0.152. The van der Waals surface area contributed by atoms with Crippen LogP contribution in [0.3, 0.4) is 0 Å². The Hall–Kier alpha value is -2.37. The van der Waals surface area contributed by atoms with Gasteiger partial charge in [0.2, 0.25) is 5.43 Å². The van der Waals surface area contributed by atoms with Gasteiger partial charge in [0, 0.05) is 6.04 Å². The molecule has 31 heavy (non-hydrogen) atoms. The normalized spacial score (nSPS) is 12.8. The average molecular weight is 425 g/mol. The van der Waals surface area contributed by atoms with Crippen molar-refractivity contribution in [3.63, 3.8) is 0 Å². The molecule has 0 radical (unpaired) electrons. The van der Waals surface area contributed by atoms with Crippen LogP contribution in [0.25, 0.3) is 21.9 Å². The van der Waals surface area contributed by atoms with Gasteiger partial charge in [0.15, 0.2) is 0 Å². The van der Waals surface area contributed by atoms with E-state index in [2.05, 4.69) is 37.5 Å². The first-order valence-electron chi connectivity index (χ1n) is 11.7. The number of nitrogens with zero attached hydrogens (tertiary/aromatic N) is 2. The Morgan fingerprint density at radius 1 is 0.871 bits per heavy atom. The number of para-hydroxylation sites is 1. The van der Waals surface area contributed by atoms with Gasteiger partial charge in [0.1, 0.15) is 22.3 Å². The van der Waals surface area contributed by atoms with E-state index in [1.165, 1.54) is 0 Å². The molecule has 1 aromatic heterocycles. The number of hydrogen-bond donors (Lipinski definition) is 0. The third-order valence-electron chi connectivity index (χ3n) is 6.28. The van der Waals surface area contributed by atoms with Crippen molar-refractivity contribution in [1.82, 2.24) is 9.80 Å². The Balaban J connectivity index is 1.77. The van der Waals surface area contributed by atoms with Crippen LogP contribution in [-0.4, -0.2) is 55.2 Å². The molecule has 5 heteroatoms. The van der Waals surface area contributed by atoms with Crippen LogP contribution in [0, 0.1) is 0 Å². The SMILES string of the molecule is CCN(CC)CCC(CCOc1cccc2oc3ccccc3c(=O)c12)N(CC)CC. The summed E-state index contributed by atoms with van der Waals surface area (Å²) in [5, 5.41) is 1.12. The van der Waals surface area contributed by atoms with Gasteiger partial charge in [-0.1, -0.05) is 45.9 Å². The number of rotatable bonds is 12. The van der Waals surface area contributed by atoms with Crippen molar-refractivity contribution in [1.29, 1.82) is 0 Å². The summed E-state index contributed by atoms with van der Waals surface area (Å²) in [6.07, 6.45) is 2.05. The second-order valence-corrected chi connectivity index (χ2v) is 7.88. The van der Waals surface area contributed by atoms with Gasteiger partial charge >= 0.3 is 0 Å². The summed E-state index contributed by atoms with van der Waals surface area (Å²) in [6, 6.07) is 13.4. The van der Waals surface area contributed by atoms with E-state index >= 15 is 0 Å². The van der Waals surface area contributed by atoms with Crippen molar-refractivity contribution in [3.05, 3.63) is 52.7 Å². The zero-order chi connectivity index (χ0) is 22.2. The maximum absolute atomic E-state index is 13.1. The van der Waals surface area contributed by atoms with E-state index in [1.807, 2.05) is 36.4 Å². The molecule has 5 nitrogen and oxygen atoms in total. The summed E-state index contributed by atoms with van der Waals surface area (Å²) in [6.45, 7) is 14.8. The van der Waals surface area contributed by atoms with Crippen LogP contribution in [0.15, 0.2) is 51.7 Å². The predicted octanol–water partition coefficient (Wildman–Crippen LogP) is 5.16. The smallest absolute Gasteiger partial charge is 0.204 e. The van der Waals surface area contributed by atoms with E-state index in [0.29, 0.717) is 40.3 Å². The fourth-order valence-electron chi connectivity index (χ4n) is 4.36. The largest absolute Gasteiger partial charge is 0.493 e. The van der Waals surface area contributed by atoms with Gasteiger partial charge < -0.3 is 19.0 Å². The minimum atomic E-state index is -0.0331. The fourth-order valence-corrected chi connectivity index (χ4v) is 4.36. The third kappa shape index (κ3) is 5.46. The number of hydrogen-bond acceptors (Lipinski definition) is 5. The predicted molar refractivity (Wildman–Crippen MR) is 129 cm³/mol. The van der Waals surface area contributed by atoms with E-state index < -0.39 is 0 Å². The van der Waals surface area contributed by atoms with Crippen molar-refractivity contribution < 1.29 is 9.15 Å². The Morgan fingerprint density at radius 2 is 1.58 bits per heavy atom. The lowest BCUT2D eigenvalue weighted by Crippen LogP contribution is -2.39. The highest BCUT2D eigenvalue weighted by Gasteiger charge is 2.18. The molecule has 1 heterocycles. The van der Waals surface area contributed by atoms with Gasteiger partial charge in [0.25, 0.3) is 0 Å². The zero-order valence-electron chi connectivity index (χ0n) is 19.4. The molecule has 0 N–H and O–H groups in total. The van der Waals surface area contributed by atoms with Gasteiger partial charge in [-0.05, 0) is 69.8 Å². The van der Waals surface area contributed by atoms with Crippen LogP contribution >= 0.6 is 0 Å². The summed E-state index contributed by atoms with van der Waals surface area (Å²) in [7, 11) is 0. The van der Waals surface area contributed by atoms with Crippen molar-refractivity contribution in [3.8, 4) is 5.75 Å². The molecule has 1 atom stereocenters. The average Bonchev–Trinajstić information content (AvgIpc) is 2.80. The molecule has 0 amide bonds. The van der Waals surface area contributed by atoms with Crippen LogP contribution < -0.4 is 10.2 Å². The maximum atomic E-state index is 13.1. The van der Waals surface area contributed by atoms with Crippen molar-refractivity contribution in [2.45, 2.75) is 46.6 Å². The first kappa shape index (κ1) is 23.3. The molecule has 0 saturated carbocycles. The first-order valence-corrected chi connectivity index (χ1v) is 11.7. The standard InChI is InChI=1S/C26H36N2O3/c1-5-27(6-2)18-16-20(28(7-3)8-4)17-19-30-23-14-11-15-24-25(23)26(29)21-12-9-10-13-22(21)31-24/h9-15,20H,5-8,16-19H2,1-4H3. The molecular weight excluding hydrogens is 388 g/mol. The van der Waals surface area contributed by atoms with E-state index in [4.69, 9.17) is 9.15 Å². The zero-order valence-corrected chi connectivity index (χ0v) is 19.4. The summed E-state index contributed by atoms with van der Waals surface area (Å²) in [5.41, 5.74) is 1.15. The number of benzene rings is 2. The van der Waals surface area contributed by atoms with E-state index in [0.717, 1.165) is 45.6 Å². The molecule has 1 unspecified atom stereocenters. The van der Waals surface area contributed by atoms with Crippen molar-refractivity contribution in [2.24, 2.45) is 0 Å². The molecule has 0 fully saturated rings. The molecule has 0 bridgehead atoms. The molecule has 0 saturated heterocycles. The molecule has 168 valence electrons. The Labute approximate surface area is 185 Å². The molecule has 3 rings (SSSR count). The molecule has 2 aromatic carbocycles. The van der Waals surface area contributed by atoms with Gasteiger partial charge in [-0.15, -0.1) is 0 Å². The monoisotopic (exact) mass is 424 g/mol. The van der Waals surface area contributed by atoms with E-state index in [9.17, 15) is 4.79 Å². The maximum Gasteiger partial charge on any atom is 0.204 e. The Kier molecular flexibility index (Phi) is 8.50. The van der Waals surface area contributed by atoms with Crippen LogP contribution in [0.5, 0.6) is 5.75 Å². The molecule has 3 aromatic rings. The van der Waals surface area contributed by atoms with Gasteiger partial charge in [-0.3, -0.25) is 4.79 Å². The summed E-state index contributed by atoms with van der Waals surface area (Å²) < 4.78 is 12.1. The molecule has 0 aliphatic rings. The fraction of sp³-hybridized carbons (Fsp3) is 0.500. The van der Waals surface area contributed by atoms with Crippen LogP contribution in [0.4, 0.5) is 0 Å². The molecule has 0 aliphatic carbocycles. The van der Waals surface area contributed by atoms with Crippen LogP contribution in [0.1, 0.15) is 40.5 Å². The lowest BCUT2D eigenvalue weighted by Gasteiger charge is -2.31. The summed E-state index contributed by atoms with van der Waals surface area (Å²) >= 11 is 0. The van der Waals surface area contributed by atoms with Crippen LogP contribution in [0.2, 0.25) is 0 Å². The number of ether oxygens (including phenoxy) is 1. The Bertz CT molecular complexity index is 1020. The topological polar surface area (TPSA) is 45.9 Å². The quantitative estimate of drug-likeness (QED) is 0.376. The second-order valence-electron chi connectivity index (χ2n) is 7.88.